The second kappa shape index (κ2) is 7.01. The Labute approximate surface area is 149 Å². The number of rotatable bonds is 4. The van der Waals surface area contributed by atoms with Crippen molar-refractivity contribution in [3.8, 4) is 11.1 Å². The summed E-state index contributed by atoms with van der Waals surface area (Å²) in [5, 5.41) is 9.54. The van der Waals surface area contributed by atoms with Crippen LogP contribution in [0.2, 0.25) is 0 Å². The standard InChI is InChI=1S/C22H25NO2/c24-19-10-12-23(13-11-19)22(25)7-3-4-16-8-9-18-15-17-5-1-2-6-20(17)21(18)14-16/h1-2,5-6,8-9,14,19,24H,3-4,7,10-13,15H2. The molecular weight excluding hydrogens is 310 g/mol. The zero-order valence-corrected chi connectivity index (χ0v) is 14.6. The van der Waals surface area contributed by atoms with Gasteiger partial charge in [0.05, 0.1) is 6.10 Å². The molecule has 25 heavy (non-hydrogen) atoms. The van der Waals surface area contributed by atoms with E-state index in [-0.39, 0.29) is 12.0 Å². The molecule has 0 unspecified atom stereocenters. The number of aliphatic hydroxyl groups is 1. The summed E-state index contributed by atoms with van der Waals surface area (Å²) in [5.74, 6) is 0.235. The van der Waals surface area contributed by atoms with E-state index in [1.807, 2.05) is 4.90 Å². The van der Waals surface area contributed by atoms with Gasteiger partial charge < -0.3 is 10.0 Å². The average molecular weight is 335 g/mol. The number of benzene rings is 2. The molecule has 1 heterocycles. The van der Waals surface area contributed by atoms with Crippen molar-refractivity contribution >= 4 is 5.91 Å². The van der Waals surface area contributed by atoms with Crippen molar-refractivity contribution < 1.29 is 9.90 Å². The molecule has 0 saturated carbocycles. The molecule has 130 valence electrons. The Kier molecular flexibility index (Phi) is 4.58. The Morgan fingerprint density at radius 1 is 1.04 bits per heavy atom. The van der Waals surface area contributed by atoms with Crippen molar-refractivity contribution in [2.24, 2.45) is 0 Å². The van der Waals surface area contributed by atoms with E-state index in [9.17, 15) is 9.90 Å². The van der Waals surface area contributed by atoms with Crippen LogP contribution in [0.25, 0.3) is 11.1 Å². The van der Waals surface area contributed by atoms with E-state index >= 15 is 0 Å². The molecule has 0 aromatic heterocycles. The summed E-state index contributed by atoms with van der Waals surface area (Å²) in [6.07, 6.45) is 4.68. The average Bonchev–Trinajstić information content (AvgIpc) is 3.00. The summed E-state index contributed by atoms with van der Waals surface area (Å²) in [4.78, 5) is 14.2. The summed E-state index contributed by atoms with van der Waals surface area (Å²) in [6.45, 7) is 1.41. The minimum atomic E-state index is -0.224. The lowest BCUT2D eigenvalue weighted by Gasteiger charge is -2.29. The van der Waals surface area contributed by atoms with Crippen LogP contribution in [0.5, 0.6) is 0 Å². The Morgan fingerprint density at radius 2 is 1.80 bits per heavy atom. The van der Waals surface area contributed by atoms with E-state index in [2.05, 4.69) is 42.5 Å². The van der Waals surface area contributed by atoms with E-state index in [1.165, 1.54) is 27.8 Å². The maximum Gasteiger partial charge on any atom is 0.222 e. The fraction of sp³-hybridized carbons (Fsp3) is 0.409. The van der Waals surface area contributed by atoms with Crippen molar-refractivity contribution in [3.63, 3.8) is 0 Å². The van der Waals surface area contributed by atoms with Crippen LogP contribution in [-0.4, -0.2) is 35.1 Å². The van der Waals surface area contributed by atoms with Crippen LogP contribution >= 0.6 is 0 Å². The number of fused-ring (bicyclic) bond motifs is 3. The monoisotopic (exact) mass is 335 g/mol. The van der Waals surface area contributed by atoms with Crippen molar-refractivity contribution in [1.29, 1.82) is 0 Å². The first-order valence-electron chi connectivity index (χ1n) is 9.36. The molecule has 1 saturated heterocycles. The van der Waals surface area contributed by atoms with Crippen LogP contribution in [0.3, 0.4) is 0 Å². The van der Waals surface area contributed by atoms with Gasteiger partial charge in [-0.05, 0) is 59.9 Å². The minimum Gasteiger partial charge on any atom is -0.393 e. The molecule has 0 bridgehead atoms. The van der Waals surface area contributed by atoms with Gasteiger partial charge in [-0.3, -0.25) is 4.79 Å². The van der Waals surface area contributed by atoms with Crippen LogP contribution in [0.15, 0.2) is 42.5 Å². The molecule has 1 amide bonds. The van der Waals surface area contributed by atoms with Crippen LogP contribution in [0.4, 0.5) is 0 Å². The topological polar surface area (TPSA) is 40.5 Å². The fourth-order valence-electron chi connectivity index (χ4n) is 4.04. The summed E-state index contributed by atoms with van der Waals surface area (Å²) in [6, 6.07) is 15.4. The number of hydrogen-bond donors (Lipinski definition) is 1. The summed E-state index contributed by atoms with van der Waals surface area (Å²) < 4.78 is 0. The number of likely N-dealkylation sites (tertiary alicyclic amines) is 1. The molecule has 0 spiro atoms. The number of aliphatic hydroxyl groups excluding tert-OH is 1. The SMILES string of the molecule is O=C(CCCc1ccc2c(c1)-c1ccccc1C2)N1CCC(O)CC1. The van der Waals surface area contributed by atoms with Crippen LogP contribution in [0, 0.1) is 0 Å². The molecule has 3 nitrogen and oxygen atoms in total. The van der Waals surface area contributed by atoms with Crippen molar-refractivity contribution in [1.82, 2.24) is 4.90 Å². The lowest BCUT2D eigenvalue weighted by atomic mass is 9.99. The summed E-state index contributed by atoms with van der Waals surface area (Å²) in [7, 11) is 0. The molecule has 1 aliphatic heterocycles. The summed E-state index contributed by atoms with van der Waals surface area (Å²) in [5.41, 5.74) is 6.87. The molecule has 4 rings (SSSR count). The number of piperidine rings is 1. The number of hydrogen-bond acceptors (Lipinski definition) is 2. The number of nitrogens with zero attached hydrogens (tertiary/aromatic N) is 1. The van der Waals surface area contributed by atoms with Gasteiger partial charge in [-0.2, -0.15) is 0 Å². The van der Waals surface area contributed by atoms with Gasteiger partial charge in [-0.25, -0.2) is 0 Å². The Bertz CT molecular complexity index is 775. The molecule has 1 N–H and O–H groups in total. The highest BCUT2D eigenvalue weighted by Crippen LogP contribution is 2.37. The highest BCUT2D eigenvalue weighted by molar-refractivity contribution is 5.77. The lowest BCUT2D eigenvalue weighted by molar-refractivity contribution is -0.133. The quantitative estimate of drug-likeness (QED) is 0.792. The first kappa shape index (κ1) is 16.3. The first-order valence-corrected chi connectivity index (χ1v) is 9.36. The van der Waals surface area contributed by atoms with Gasteiger partial charge in [-0.1, -0.05) is 42.5 Å². The second-order valence-electron chi connectivity index (χ2n) is 7.29. The van der Waals surface area contributed by atoms with Gasteiger partial charge in [0.2, 0.25) is 5.91 Å². The fourth-order valence-corrected chi connectivity index (χ4v) is 4.04. The number of carbonyl (C=O) groups excluding carboxylic acids is 1. The number of amides is 1. The van der Waals surface area contributed by atoms with Gasteiger partial charge in [0.15, 0.2) is 0 Å². The third-order valence-electron chi connectivity index (χ3n) is 5.54. The molecule has 2 aromatic carbocycles. The van der Waals surface area contributed by atoms with E-state index in [0.29, 0.717) is 19.5 Å². The Hall–Kier alpha value is -2.13. The van der Waals surface area contributed by atoms with Crippen molar-refractivity contribution in [2.75, 3.05) is 13.1 Å². The molecule has 3 heteroatoms. The maximum atomic E-state index is 12.3. The summed E-state index contributed by atoms with van der Waals surface area (Å²) >= 11 is 0. The van der Waals surface area contributed by atoms with Gasteiger partial charge in [0.1, 0.15) is 0 Å². The zero-order chi connectivity index (χ0) is 17.2. The molecule has 0 atom stereocenters. The number of carbonyl (C=O) groups is 1. The largest absolute Gasteiger partial charge is 0.393 e. The second-order valence-corrected chi connectivity index (χ2v) is 7.29. The highest BCUT2D eigenvalue weighted by atomic mass is 16.3. The molecule has 0 radical (unpaired) electrons. The first-order chi connectivity index (χ1) is 12.2. The van der Waals surface area contributed by atoms with E-state index in [1.54, 1.807) is 0 Å². The molecule has 1 aliphatic carbocycles. The lowest BCUT2D eigenvalue weighted by Crippen LogP contribution is -2.39. The third-order valence-corrected chi connectivity index (χ3v) is 5.54. The Morgan fingerprint density at radius 3 is 2.64 bits per heavy atom. The van der Waals surface area contributed by atoms with E-state index in [4.69, 9.17) is 0 Å². The van der Waals surface area contributed by atoms with Gasteiger partial charge in [-0.15, -0.1) is 0 Å². The smallest absolute Gasteiger partial charge is 0.222 e. The van der Waals surface area contributed by atoms with Crippen molar-refractivity contribution in [2.45, 2.75) is 44.6 Å². The number of aryl methyl sites for hydroxylation is 1. The predicted octanol–water partition coefficient (Wildman–Crippen LogP) is 3.56. The van der Waals surface area contributed by atoms with Crippen LogP contribution < -0.4 is 0 Å². The highest BCUT2D eigenvalue weighted by Gasteiger charge is 2.21. The van der Waals surface area contributed by atoms with E-state index < -0.39 is 0 Å². The maximum absolute atomic E-state index is 12.3. The molecule has 1 fully saturated rings. The van der Waals surface area contributed by atoms with Crippen molar-refractivity contribution in [3.05, 3.63) is 59.2 Å². The minimum absolute atomic E-state index is 0.224. The normalized spacial score (nSPS) is 16.6. The van der Waals surface area contributed by atoms with Crippen LogP contribution in [0.1, 0.15) is 42.4 Å². The predicted molar refractivity (Wildman–Crippen MR) is 99.4 cm³/mol. The Balaban J connectivity index is 1.35. The molecular formula is C22H25NO2. The van der Waals surface area contributed by atoms with Crippen LogP contribution in [-0.2, 0) is 17.6 Å². The van der Waals surface area contributed by atoms with E-state index in [0.717, 1.165) is 32.1 Å². The molecule has 2 aromatic rings. The van der Waals surface area contributed by atoms with Gasteiger partial charge in [0, 0.05) is 19.5 Å². The van der Waals surface area contributed by atoms with Gasteiger partial charge in [0.25, 0.3) is 0 Å². The van der Waals surface area contributed by atoms with Gasteiger partial charge >= 0.3 is 0 Å². The molecule has 2 aliphatic rings. The zero-order valence-electron chi connectivity index (χ0n) is 14.6. The third kappa shape index (κ3) is 3.47.